The molecular weight excluding hydrogens is 1990 g/mol. The number of nitrogen functional groups attached to an aromatic ring is 3. The number of nitrogens with two attached hydrogens (primary N) is 3. The summed E-state index contributed by atoms with van der Waals surface area (Å²) in [5.41, 5.74) is 15.4. The Labute approximate surface area is 843 Å². The Bertz CT molecular complexity index is 8150. The Hall–Kier alpha value is -18.5. The van der Waals surface area contributed by atoms with Crippen molar-refractivity contribution in [2.45, 2.75) is 88.7 Å². The molecule has 146 heavy (non-hydrogen) atoms. The fraction of sp³-hybridized carbons (Fsp3) is 0.289. The molecule has 8 heterocycles. The number of benzene rings is 5. The van der Waals surface area contributed by atoms with Gasteiger partial charge in [-0.2, -0.15) is 8.42 Å². The van der Waals surface area contributed by atoms with E-state index in [-0.39, 0.29) is 73.3 Å². The number of ether oxygens (including phenoxy) is 10. The summed E-state index contributed by atoms with van der Waals surface area (Å²) in [6.45, 7) is 10.5. The van der Waals surface area contributed by atoms with Crippen LogP contribution < -0.4 is 126 Å². The highest BCUT2D eigenvalue weighted by molar-refractivity contribution is 9.09. The molecule has 13 rings (SSSR count). The van der Waals surface area contributed by atoms with Crippen LogP contribution in [0.2, 0.25) is 0 Å². The number of terminal acetylenes is 2. The SMILES string of the molecule is C.C.C#CCBr.C#CCn1c(=O)c2c(nc(C#Cc3ccc(OC)c(OC)c3)n2C)n(CC)c1=O.CCn1c(=O)[nH]c(=O)c2[nH]c(C#Cc3ccc(OC)c(OC)c3)nc21.CCn1c(=O)[nH]c(=O)c2c1nc(C#Cc1ccc(OC)c(OC)c1)n2C.CCn1c(N)c(N)c(=O)[nH]c1=O.CCn1c(N)c(NC(=O)C#Cc2ccc(OC)c(OC)c2)c(=O)[nH]c1=O.COS(=O)(=O)OC.COc1ccc(C#CC(=O)O)cc1OC. The lowest BCUT2D eigenvalue weighted by Gasteiger charge is -2.10. The summed E-state index contributed by atoms with van der Waals surface area (Å²) >= 11 is 3.01. The molecule has 8 aromatic heterocycles. The van der Waals surface area contributed by atoms with E-state index in [1.165, 1.54) is 46.7 Å². The number of carboxylic acid groups (broad SMARTS) is 1. The van der Waals surface area contributed by atoms with Crippen LogP contribution in [0.1, 0.15) is 94.8 Å². The van der Waals surface area contributed by atoms with E-state index in [2.05, 4.69) is 130 Å². The number of methoxy groups -OCH3 is 10. The smallest absolute Gasteiger partial charge is 0.399 e. The van der Waals surface area contributed by atoms with Crippen molar-refractivity contribution < 1.29 is 78.8 Å². The molecule has 0 radical (unpaired) electrons. The summed E-state index contributed by atoms with van der Waals surface area (Å²) in [5.74, 6) is 36.5. The molecule has 5 aromatic carbocycles. The molecule has 0 unspecified atom stereocenters. The van der Waals surface area contributed by atoms with Gasteiger partial charge in [0.25, 0.3) is 27.8 Å². The molecule has 0 spiro atoms. The molecule has 0 aliphatic carbocycles. The summed E-state index contributed by atoms with van der Waals surface area (Å²) in [6.07, 6.45) is 10.0. The van der Waals surface area contributed by atoms with Gasteiger partial charge < -0.3 is 89.1 Å². The fourth-order valence-corrected chi connectivity index (χ4v) is 12.5. The fourth-order valence-electron chi connectivity index (χ4n) is 12.4. The van der Waals surface area contributed by atoms with Crippen LogP contribution >= 0.6 is 15.9 Å². The van der Waals surface area contributed by atoms with E-state index in [9.17, 15) is 66.0 Å². The highest BCUT2D eigenvalue weighted by atomic mass is 79.9. The number of aromatic nitrogens is 16. The third-order valence-corrected chi connectivity index (χ3v) is 20.6. The maximum Gasteiger partial charge on any atom is 0.399 e. The Morgan fingerprint density at radius 3 is 1.11 bits per heavy atom. The van der Waals surface area contributed by atoms with Crippen LogP contribution in [-0.4, -0.2) is 192 Å². The number of carbonyl (C=O) groups is 2. The van der Waals surface area contributed by atoms with Crippen molar-refractivity contribution >= 4 is 94.7 Å². The van der Waals surface area contributed by atoms with Gasteiger partial charge in [-0.3, -0.25) is 79.9 Å². The Morgan fingerprint density at radius 1 is 0.411 bits per heavy atom. The van der Waals surface area contributed by atoms with Gasteiger partial charge in [0.05, 0.1) is 97.2 Å². The van der Waals surface area contributed by atoms with Crippen LogP contribution in [0.25, 0.3) is 33.5 Å². The number of halogens is 1. The van der Waals surface area contributed by atoms with Crippen molar-refractivity contribution in [2.24, 2.45) is 14.1 Å². The number of anilines is 4. The molecule has 13 aromatic rings. The molecule has 0 bridgehead atoms. The van der Waals surface area contributed by atoms with E-state index in [1.54, 1.807) is 185 Å². The van der Waals surface area contributed by atoms with E-state index in [0.717, 1.165) is 23.4 Å². The number of aromatic amines is 5. The number of H-pyrrole nitrogens is 5. The van der Waals surface area contributed by atoms with E-state index in [1.807, 2.05) is 17.8 Å². The second-order valence-corrected chi connectivity index (χ2v) is 29.8. The van der Waals surface area contributed by atoms with Gasteiger partial charge in [-0.15, -0.1) is 12.8 Å². The summed E-state index contributed by atoms with van der Waals surface area (Å²) in [5, 5.41) is 11.3. The number of carboxylic acids is 1. The van der Waals surface area contributed by atoms with Gasteiger partial charge in [-0.25, -0.2) is 48.3 Å². The molecule has 49 heteroatoms. The van der Waals surface area contributed by atoms with Crippen molar-refractivity contribution in [3.05, 3.63) is 240 Å². The minimum atomic E-state index is -3.66. The molecule has 13 N–H and O–H groups in total. The summed E-state index contributed by atoms with van der Waals surface area (Å²) in [6, 6.07) is 25.7. The lowest BCUT2D eigenvalue weighted by atomic mass is 10.2. The third-order valence-electron chi connectivity index (χ3n) is 19.5. The Morgan fingerprint density at radius 2 is 0.747 bits per heavy atom. The summed E-state index contributed by atoms with van der Waals surface area (Å²) in [7, 11) is 17.1. The number of hydrogen-bond donors (Lipinski definition) is 10. The Kier molecular flexibility index (Phi) is 47.0. The van der Waals surface area contributed by atoms with Crippen LogP contribution in [0.15, 0.2) is 139 Å². The molecule has 0 saturated heterocycles. The molecule has 1 amide bonds. The molecule has 772 valence electrons. The van der Waals surface area contributed by atoms with Gasteiger partial charge in [0.2, 0.25) is 0 Å². The zero-order valence-electron chi connectivity index (χ0n) is 81.3. The van der Waals surface area contributed by atoms with Crippen molar-refractivity contribution in [1.29, 1.82) is 0 Å². The largest absolute Gasteiger partial charge is 0.493 e. The van der Waals surface area contributed by atoms with Gasteiger partial charge in [-0.1, -0.05) is 72.2 Å². The van der Waals surface area contributed by atoms with Crippen molar-refractivity contribution in [3.63, 3.8) is 0 Å². The first kappa shape index (κ1) is 120. The number of imidazole rings is 3. The first-order valence-corrected chi connectivity index (χ1v) is 44.3. The first-order chi connectivity index (χ1) is 68.7. The van der Waals surface area contributed by atoms with Crippen molar-refractivity contribution in [1.82, 2.24) is 76.4 Å². The molecule has 0 saturated carbocycles. The maximum atomic E-state index is 12.8. The molecule has 0 aliphatic heterocycles. The second-order valence-electron chi connectivity index (χ2n) is 27.8. The van der Waals surface area contributed by atoms with Gasteiger partial charge in [0, 0.05) is 86.5 Å². The zero-order valence-corrected chi connectivity index (χ0v) is 83.7. The van der Waals surface area contributed by atoms with Gasteiger partial charge in [-0.05, 0) is 143 Å². The quantitative estimate of drug-likeness (QED) is 0.0393. The number of alkyl halides is 1. The van der Waals surface area contributed by atoms with Gasteiger partial charge >= 0.3 is 50.7 Å². The van der Waals surface area contributed by atoms with Crippen molar-refractivity contribution in [2.75, 3.05) is 113 Å². The number of aliphatic carboxylic acids is 1. The van der Waals surface area contributed by atoms with Crippen LogP contribution in [0.3, 0.4) is 0 Å². The van der Waals surface area contributed by atoms with E-state index < -0.39 is 78.5 Å². The first-order valence-electron chi connectivity index (χ1n) is 41.9. The van der Waals surface area contributed by atoms with E-state index in [4.69, 9.17) is 82.5 Å². The number of nitrogens with zero attached hydrogens (tertiary/aromatic N) is 11. The summed E-state index contributed by atoms with van der Waals surface area (Å²) < 4.78 is 89.9. The number of carbonyl (C=O) groups excluding carboxylic acids is 1. The number of amides is 1. The predicted molar refractivity (Wildman–Crippen MR) is 554 cm³/mol. The second kappa shape index (κ2) is 57.3. The maximum absolute atomic E-state index is 12.8. The van der Waals surface area contributed by atoms with Crippen LogP contribution in [0.4, 0.5) is 23.0 Å². The minimum Gasteiger partial charge on any atom is -0.493 e. The average molecular weight is 2100 g/mol. The Balaban J connectivity index is 0.000000362. The van der Waals surface area contributed by atoms with E-state index in [0.29, 0.717) is 145 Å². The van der Waals surface area contributed by atoms with Crippen LogP contribution in [-0.2, 0) is 81.7 Å². The number of aryl methyl sites for hydroxylation is 5. The number of rotatable bonds is 19. The minimum absolute atomic E-state index is 0. The molecule has 0 atom stereocenters. The topological polar surface area (TPSA) is 617 Å². The standard InChI is InChI=1S/C21H20N4O4.C18H18N4O4.C17H18N4O5.C17H16N4O4.C11H10O4.C6H10N4O2.C3H3Br.C2H6O4S.2CH4/c1-6-12-25-20(26)18-19(24(7-2)21(25)27)22-17(23(18)3)11-9-14-8-10-15(28-4)16(13-14)29-5;1-5-22-16-15(17(23)20-18(22)24)21(2)14(19-16)9-7-11-6-8-12(25-3)13(10-11)26-4;1-4-21-15(18)14(16(23)20-17(21)24)19-13(22)8-6-10-5-7-11(25-2)12(9-10)26-3;1-4-21-15-14(16(22)20-17(21)23)18-13(19-15)8-6-10-5-7-11(24-2)12(9-10)25-3;1-14-9-5-3-8(4-6-11(12)13)7-10(9)15-2;1-2-10-4(8)3(7)5(11)9-6(10)12;1-2-3-4;1-5-7(3,4)6-2;;/h1,8,10,13H,7,12H2,2-5H3;6,8,10H,5H2,1-4H3,(H,20,23,24);5,7,9H,4,18H2,1-3H3,(H,19,22)(H,20,23,24);5,7,9H,4H2,1-3H3,(H,18,19)(H,20,22,23);3,5,7H,1-2H3,(H,12,13);2,7-8H2,1H3,(H,9,11,12);1H,3H2;1-2H3;2*1H4. The van der Waals surface area contributed by atoms with Crippen LogP contribution in [0.5, 0.6) is 57.5 Å². The zero-order chi connectivity index (χ0) is 107. The third kappa shape index (κ3) is 30.8. The number of hydrogen-bond acceptors (Lipinski definition) is 32. The van der Waals surface area contributed by atoms with Gasteiger partial charge in [0.1, 0.15) is 23.0 Å². The average Bonchev–Trinajstić information content (AvgIpc) is 1.61. The molecule has 0 aliphatic rings. The molecule has 0 fully saturated rings. The number of fused-ring (bicyclic) bond motifs is 3. The molecule has 47 nitrogen and oxygen atoms in total. The van der Waals surface area contributed by atoms with E-state index >= 15 is 0 Å². The van der Waals surface area contributed by atoms with Crippen LogP contribution in [0, 0.1) is 83.9 Å². The van der Waals surface area contributed by atoms with Gasteiger partial charge in [0.15, 0.2) is 108 Å². The monoisotopic (exact) mass is 2100 g/mol. The highest BCUT2D eigenvalue weighted by Crippen LogP contribution is 2.32. The molecular formula is C97H109BrN20O27S. The normalized spacial score (nSPS) is 9.85. The predicted octanol–water partition coefficient (Wildman–Crippen LogP) is 4.49. The number of nitrogens with one attached hydrogen (secondary N) is 6. The lowest BCUT2D eigenvalue weighted by molar-refractivity contribution is -0.130. The summed E-state index contributed by atoms with van der Waals surface area (Å²) in [4.78, 5) is 165. The lowest BCUT2D eigenvalue weighted by Crippen LogP contribution is -2.40. The highest BCUT2D eigenvalue weighted by Gasteiger charge is 2.22. The van der Waals surface area contributed by atoms with Crippen molar-refractivity contribution in [3.8, 4) is 141 Å².